The zero-order valence-corrected chi connectivity index (χ0v) is 30.2. The van der Waals surface area contributed by atoms with E-state index < -0.39 is 12.1 Å². The highest BCUT2D eigenvalue weighted by Gasteiger charge is 2.41. The predicted octanol–water partition coefficient (Wildman–Crippen LogP) is 8.36. The molecule has 0 radical (unpaired) electrons. The molecule has 0 heterocycles. The first-order valence-corrected chi connectivity index (χ1v) is 18.0. The van der Waals surface area contributed by atoms with Gasteiger partial charge in [0.1, 0.15) is 5.75 Å². The van der Waals surface area contributed by atoms with Crippen LogP contribution in [-0.4, -0.2) is 48.5 Å². The number of rotatable bonds is 13. The van der Waals surface area contributed by atoms with Crippen LogP contribution >= 0.6 is 15.9 Å². The summed E-state index contributed by atoms with van der Waals surface area (Å²) in [6, 6.07) is 28.6. The molecule has 0 aromatic heterocycles. The minimum atomic E-state index is -5.10. The van der Waals surface area contributed by atoms with Crippen molar-refractivity contribution < 1.29 is 32.3 Å². The van der Waals surface area contributed by atoms with Crippen molar-refractivity contribution >= 4 is 39.8 Å². The molecule has 0 atom stereocenters. The molecule has 0 unspecified atom stereocenters. The van der Waals surface area contributed by atoms with E-state index in [-0.39, 0.29) is 24.1 Å². The van der Waals surface area contributed by atoms with Gasteiger partial charge >= 0.3 is 12.1 Å². The van der Waals surface area contributed by atoms with E-state index in [1.165, 1.54) is 18.2 Å². The first-order valence-electron chi connectivity index (χ1n) is 17.2. The Morgan fingerprint density at radius 3 is 2.17 bits per heavy atom. The molecule has 4 aromatic carbocycles. The number of carbonyl (C=O) groups is 3. The van der Waals surface area contributed by atoms with Gasteiger partial charge in [0, 0.05) is 35.7 Å². The molecule has 11 heteroatoms. The number of ether oxygens (including phenoxy) is 1. The largest absolute Gasteiger partial charge is 0.491 e. The normalized spacial score (nSPS) is 16.0. The van der Waals surface area contributed by atoms with Crippen molar-refractivity contribution in [2.45, 2.75) is 44.8 Å². The molecule has 1 saturated carbocycles. The van der Waals surface area contributed by atoms with Crippen molar-refractivity contribution in [1.82, 2.24) is 10.2 Å². The number of esters is 1. The lowest BCUT2D eigenvalue weighted by molar-refractivity contribution is -0.189. The van der Waals surface area contributed by atoms with Gasteiger partial charge in [0.05, 0.1) is 0 Å². The van der Waals surface area contributed by atoms with Crippen LogP contribution < -0.4 is 15.8 Å². The molecule has 1 fully saturated rings. The summed E-state index contributed by atoms with van der Waals surface area (Å²) in [5, 5.41) is 3.11. The number of hydrogen-bond donors (Lipinski definition) is 2. The molecular weight excluding hydrogens is 735 g/mol. The standard InChI is InChI=1S/C41H41BrF3N3O4/c42-36-16-11-28(12-17-36)15-20-38(49)48(22-21-29-13-18-37(19-14-29)52-40(51)41(43,44)45)27-32-3-1-4-33(23-32)34-5-2-6-35(24-34)39(50)47-26-31-9-7-30(25-46)8-10-31/h1-6,11-20,23-24,30-31H,7-10,21-22,25-27,46H2,(H,47,50). The van der Waals surface area contributed by atoms with E-state index in [0.717, 1.165) is 64.5 Å². The smallest absolute Gasteiger partial charge is 0.420 e. The van der Waals surface area contributed by atoms with Gasteiger partial charge in [-0.15, -0.1) is 0 Å². The summed E-state index contributed by atoms with van der Waals surface area (Å²) in [6.45, 7) is 1.95. The van der Waals surface area contributed by atoms with Crippen molar-refractivity contribution in [2.75, 3.05) is 19.6 Å². The number of hydrogen-bond acceptors (Lipinski definition) is 5. The average Bonchev–Trinajstić information content (AvgIpc) is 3.15. The topological polar surface area (TPSA) is 102 Å². The number of nitrogens with zero attached hydrogens (tertiary/aromatic N) is 1. The van der Waals surface area contributed by atoms with Crippen molar-refractivity contribution in [3.8, 4) is 16.9 Å². The third-order valence-electron chi connectivity index (χ3n) is 9.25. The Morgan fingerprint density at radius 1 is 0.846 bits per heavy atom. The number of nitrogens with one attached hydrogen (secondary N) is 1. The number of alkyl halides is 3. The van der Waals surface area contributed by atoms with Crippen LogP contribution in [0.15, 0.2) is 108 Å². The van der Waals surface area contributed by atoms with Gasteiger partial charge in [-0.25, -0.2) is 4.79 Å². The molecule has 0 saturated heterocycles. The molecule has 52 heavy (non-hydrogen) atoms. The maximum absolute atomic E-state index is 13.6. The summed E-state index contributed by atoms with van der Waals surface area (Å²) >= 11 is 3.42. The van der Waals surface area contributed by atoms with E-state index in [1.54, 1.807) is 29.2 Å². The van der Waals surface area contributed by atoms with Gasteiger partial charge in [-0.05, 0) is 127 Å². The molecule has 7 nitrogen and oxygen atoms in total. The van der Waals surface area contributed by atoms with Gasteiger partial charge in [0.15, 0.2) is 0 Å². The summed E-state index contributed by atoms with van der Waals surface area (Å²) in [4.78, 5) is 39.6. The van der Waals surface area contributed by atoms with Crippen LogP contribution in [0.3, 0.4) is 0 Å². The monoisotopic (exact) mass is 775 g/mol. The van der Waals surface area contributed by atoms with Crippen LogP contribution in [-0.2, 0) is 22.6 Å². The molecule has 272 valence electrons. The third kappa shape index (κ3) is 11.4. The van der Waals surface area contributed by atoms with Crippen molar-refractivity contribution in [1.29, 1.82) is 0 Å². The Balaban J connectivity index is 1.27. The number of benzene rings is 4. The summed E-state index contributed by atoms with van der Waals surface area (Å²) in [7, 11) is 0. The molecule has 3 N–H and O–H groups in total. The van der Waals surface area contributed by atoms with Crippen LogP contribution in [0.4, 0.5) is 13.2 Å². The Labute approximate surface area is 310 Å². The summed E-state index contributed by atoms with van der Waals surface area (Å²) < 4.78 is 43.1. The van der Waals surface area contributed by atoms with Crippen molar-refractivity contribution in [2.24, 2.45) is 17.6 Å². The van der Waals surface area contributed by atoms with Crippen LogP contribution in [0.5, 0.6) is 5.75 Å². The highest BCUT2D eigenvalue weighted by atomic mass is 79.9. The third-order valence-corrected chi connectivity index (χ3v) is 9.77. The zero-order chi connectivity index (χ0) is 37.1. The summed E-state index contributed by atoms with van der Waals surface area (Å²) in [5.41, 5.74) is 10.6. The van der Waals surface area contributed by atoms with Gasteiger partial charge in [-0.2, -0.15) is 13.2 Å². The van der Waals surface area contributed by atoms with Crippen LogP contribution in [0, 0.1) is 11.8 Å². The van der Waals surface area contributed by atoms with E-state index in [0.29, 0.717) is 36.9 Å². The molecule has 0 spiro atoms. The zero-order valence-electron chi connectivity index (χ0n) is 28.6. The lowest BCUT2D eigenvalue weighted by Gasteiger charge is -2.27. The van der Waals surface area contributed by atoms with Gasteiger partial charge in [0.25, 0.3) is 5.91 Å². The van der Waals surface area contributed by atoms with Crippen LogP contribution in [0.1, 0.15) is 52.7 Å². The van der Waals surface area contributed by atoms with E-state index >= 15 is 0 Å². The molecule has 4 aromatic rings. The minimum Gasteiger partial charge on any atom is -0.420 e. The van der Waals surface area contributed by atoms with Crippen LogP contribution in [0.25, 0.3) is 17.2 Å². The maximum atomic E-state index is 13.6. The van der Waals surface area contributed by atoms with Crippen molar-refractivity contribution in [3.63, 3.8) is 0 Å². The Bertz CT molecular complexity index is 1850. The van der Waals surface area contributed by atoms with Crippen molar-refractivity contribution in [3.05, 3.63) is 130 Å². The van der Waals surface area contributed by atoms with Gasteiger partial charge < -0.3 is 20.7 Å². The molecule has 0 aliphatic heterocycles. The molecule has 1 aliphatic rings. The summed E-state index contributed by atoms with van der Waals surface area (Å²) in [5.74, 6) is -1.80. The molecule has 1 aliphatic carbocycles. The Hall–Kier alpha value is -4.74. The highest BCUT2D eigenvalue weighted by Crippen LogP contribution is 2.28. The fraction of sp³-hybridized carbons (Fsp3) is 0.293. The second-order valence-electron chi connectivity index (χ2n) is 13.0. The predicted molar refractivity (Wildman–Crippen MR) is 199 cm³/mol. The van der Waals surface area contributed by atoms with E-state index in [4.69, 9.17) is 5.73 Å². The van der Waals surface area contributed by atoms with E-state index in [1.807, 2.05) is 66.7 Å². The number of carbonyl (C=O) groups excluding carboxylic acids is 3. The molecule has 0 bridgehead atoms. The second-order valence-corrected chi connectivity index (χ2v) is 14.0. The fourth-order valence-electron chi connectivity index (χ4n) is 6.19. The lowest BCUT2D eigenvalue weighted by Crippen LogP contribution is -2.32. The first-order chi connectivity index (χ1) is 25.0. The lowest BCUT2D eigenvalue weighted by atomic mass is 9.82. The first kappa shape index (κ1) is 38.5. The molecular formula is C41H41BrF3N3O4. The van der Waals surface area contributed by atoms with Gasteiger partial charge in [0.2, 0.25) is 5.91 Å². The number of amides is 2. The van der Waals surface area contributed by atoms with Gasteiger partial charge in [-0.1, -0.05) is 70.5 Å². The second kappa shape index (κ2) is 18.1. The highest BCUT2D eigenvalue weighted by molar-refractivity contribution is 9.10. The Kier molecular flexibility index (Phi) is 13.4. The van der Waals surface area contributed by atoms with Crippen LogP contribution in [0.2, 0.25) is 0 Å². The fourth-order valence-corrected chi connectivity index (χ4v) is 6.45. The average molecular weight is 777 g/mol. The Morgan fingerprint density at radius 2 is 1.50 bits per heavy atom. The molecule has 2 amide bonds. The summed E-state index contributed by atoms with van der Waals surface area (Å²) in [6.07, 6.45) is 2.91. The maximum Gasteiger partial charge on any atom is 0.491 e. The minimum absolute atomic E-state index is 0.111. The number of nitrogens with two attached hydrogens (primary N) is 1. The van der Waals surface area contributed by atoms with E-state index in [2.05, 4.69) is 26.0 Å². The SMILES string of the molecule is NCC1CCC(CNC(=O)c2cccc(-c3cccc(CN(CCc4ccc(OC(=O)C(F)(F)F)cc4)C(=O)C=Cc4ccc(Br)cc4)c3)c2)CC1. The quantitative estimate of drug-likeness (QED) is 0.0808. The number of halogens is 4. The van der Waals surface area contributed by atoms with E-state index in [9.17, 15) is 27.6 Å². The molecule has 5 rings (SSSR count). The van der Waals surface area contributed by atoms with Gasteiger partial charge in [-0.3, -0.25) is 9.59 Å².